The van der Waals surface area contributed by atoms with Gasteiger partial charge in [0.05, 0.1) is 0 Å². The summed E-state index contributed by atoms with van der Waals surface area (Å²) >= 11 is 0. The number of nitrogens with two attached hydrogens (primary N) is 1. The molecule has 0 aliphatic carbocycles. The molecule has 1 saturated heterocycles. The Morgan fingerprint density at radius 1 is 1.54 bits per heavy atom. The molecule has 13 heavy (non-hydrogen) atoms. The average Bonchev–Trinajstić information content (AvgIpc) is 1.78. The quantitative estimate of drug-likeness (QED) is 0.610. The summed E-state index contributed by atoms with van der Waals surface area (Å²) in [5.74, 6) is -0.123. The molecule has 1 aliphatic heterocycles. The normalized spacial score (nSPS) is 20.6. The number of carbonyl (C=O) groups is 1. The van der Waals surface area contributed by atoms with Crippen LogP contribution in [-0.2, 0) is 9.53 Å². The van der Waals surface area contributed by atoms with E-state index in [0.29, 0.717) is 13.1 Å². The maximum absolute atomic E-state index is 11.4. The first-order chi connectivity index (χ1) is 5.90. The van der Waals surface area contributed by atoms with E-state index < -0.39 is 11.6 Å². The van der Waals surface area contributed by atoms with Crippen molar-refractivity contribution in [1.29, 1.82) is 0 Å². The van der Waals surface area contributed by atoms with Crippen molar-refractivity contribution in [2.24, 2.45) is 11.7 Å². The van der Waals surface area contributed by atoms with E-state index in [2.05, 4.69) is 5.32 Å². The van der Waals surface area contributed by atoms with Crippen LogP contribution in [0.5, 0.6) is 0 Å². The maximum Gasteiger partial charge on any atom is 0.323 e. The van der Waals surface area contributed by atoms with Crippen molar-refractivity contribution in [1.82, 2.24) is 5.32 Å². The Morgan fingerprint density at radius 2 is 2.08 bits per heavy atom. The van der Waals surface area contributed by atoms with Gasteiger partial charge in [0.1, 0.15) is 11.6 Å². The van der Waals surface area contributed by atoms with E-state index in [0.717, 1.165) is 0 Å². The van der Waals surface area contributed by atoms with Crippen LogP contribution in [0.2, 0.25) is 0 Å². The zero-order chi connectivity index (χ0) is 10.1. The smallest absolute Gasteiger partial charge is 0.323 e. The van der Waals surface area contributed by atoms with Crippen LogP contribution >= 0.6 is 0 Å². The summed E-state index contributed by atoms with van der Waals surface area (Å²) in [5.41, 5.74) is 5.25. The van der Waals surface area contributed by atoms with Gasteiger partial charge in [-0.1, -0.05) is 0 Å². The third-order valence-corrected chi connectivity index (χ3v) is 1.91. The van der Waals surface area contributed by atoms with Crippen LogP contribution in [0.15, 0.2) is 0 Å². The van der Waals surface area contributed by atoms with Gasteiger partial charge in [0.25, 0.3) is 0 Å². The van der Waals surface area contributed by atoms with E-state index in [9.17, 15) is 4.79 Å². The highest BCUT2D eigenvalue weighted by atomic mass is 16.6. The van der Waals surface area contributed by atoms with Gasteiger partial charge in [-0.15, -0.1) is 0 Å². The second kappa shape index (κ2) is 3.64. The second-order valence-corrected chi connectivity index (χ2v) is 4.41. The van der Waals surface area contributed by atoms with Crippen LogP contribution in [0.1, 0.15) is 20.8 Å². The Hall–Kier alpha value is -0.610. The van der Waals surface area contributed by atoms with Crippen LogP contribution < -0.4 is 11.1 Å². The summed E-state index contributed by atoms with van der Waals surface area (Å²) < 4.78 is 5.15. The maximum atomic E-state index is 11.4. The lowest BCUT2D eigenvalue weighted by Gasteiger charge is -2.31. The van der Waals surface area contributed by atoms with Gasteiger partial charge in [0, 0.05) is 19.0 Å². The predicted octanol–water partition coefficient (Wildman–Crippen LogP) is -0.110. The summed E-state index contributed by atoms with van der Waals surface area (Å²) in [6, 6.07) is -0.503. The average molecular weight is 185 g/mol. The fourth-order valence-electron chi connectivity index (χ4n) is 1.07. The van der Waals surface area contributed by atoms with E-state index in [1.165, 1.54) is 0 Å². The van der Waals surface area contributed by atoms with Crippen molar-refractivity contribution in [3.05, 3.63) is 0 Å². The number of ether oxygens (including phenoxy) is 1. The highest BCUT2D eigenvalue weighted by molar-refractivity contribution is 5.76. The minimum Gasteiger partial charge on any atom is -0.459 e. The number of carbonyl (C=O) groups excluding carboxylic acids is 1. The lowest BCUT2D eigenvalue weighted by Crippen LogP contribution is -2.53. The molecule has 0 bridgehead atoms. The predicted molar refractivity (Wildman–Crippen MR) is 49.2 cm³/mol. The lowest BCUT2D eigenvalue weighted by molar-refractivity contribution is -0.158. The third kappa shape index (κ3) is 2.97. The van der Waals surface area contributed by atoms with Gasteiger partial charge in [-0.05, 0) is 20.8 Å². The molecule has 1 fully saturated rings. The zero-order valence-electron chi connectivity index (χ0n) is 8.41. The molecule has 1 radical (unpaired) electrons. The van der Waals surface area contributed by atoms with Crippen molar-refractivity contribution in [2.75, 3.05) is 13.1 Å². The highest BCUT2D eigenvalue weighted by Gasteiger charge is 2.33. The summed E-state index contributed by atoms with van der Waals surface area (Å²) in [5, 5.41) is 4.01. The molecule has 4 nitrogen and oxygen atoms in total. The molecule has 2 N–H and O–H groups in total. The molecule has 1 heterocycles. The topological polar surface area (TPSA) is 66.4 Å². The standard InChI is InChI=1S/C9H17N2O2/c1-9(2,3)13-8(12)7(10)6-4-11-5-6/h6-7H,4-5,10H2,1-3H3. The van der Waals surface area contributed by atoms with Crippen LogP contribution in [0, 0.1) is 5.92 Å². The molecular weight excluding hydrogens is 168 g/mol. The Bertz CT molecular complexity index is 194. The van der Waals surface area contributed by atoms with Crippen LogP contribution in [-0.4, -0.2) is 30.7 Å². The van der Waals surface area contributed by atoms with E-state index in [1.807, 2.05) is 20.8 Å². The first kappa shape index (κ1) is 10.5. The molecule has 75 valence electrons. The fourth-order valence-corrected chi connectivity index (χ4v) is 1.07. The molecule has 0 aromatic heterocycles. The van der Waals surface area contributed by atoms with Crippen LogP contribution in [0.25, 0.3) is 0 Å². The number of hydrogen-bond acceptors (Lipinski definition) is 3. The summed E-state index contributed by atoms with van der Waals surface area (Å²) in [4.78, 5) is 11.4. The van der Waals surface area contributed by atoms with E-state index >= 15 is 0 Å². The SMILES string of the molecule is CC(C)(C)OC(=O)C(N)C1C[N]C1. The molecule has 0 spiro atoms. The molecular formula is C9H17N2O2. The van der Waals surface area contributed by atoms with Gasteiger partial charge < -0.3 is 10.5 Å². The first-order valence-electron chi connectivity index (χ1n) is 4.52. The second-order valence-electron chi connectivity index (χ2n) is 4.41. The zero-order valence-corrected chi connectivity index (χ0v) is 8.41. The summed E-state index contributed by atoms with van der Waals surface area (Å²) in [6.07, 6.45) is 0. The van der Waals surface area contributed by atoms with Crippen molar-refractivity contribution in [2.45, 2.75) is 32.4 Å². The Morgan fingerprint density at radius 3 is 2.38 bits per heavy atom. The summed E-state index contributed by atoms with van der Waals surface area (Å²) in [6.45, 7) is 6.90. The molecule has 0 saturated carbocycles. The number of nitrogens with zero attached hydrogens (tertiary/aromatic N) is 1. The molecule has 0 aromatic carbocycles. The van der Waals surface area contributed by atoms with E-state index in [1.54, 1.807) is 0 Å². The Labute approximate surface area is 78.8 Å². The third-order valence-electron chi connectivity index (χ3n) is 1.91. The highest BCUT2D eigenvalue weighted by Crippen LogP contribution is 2.14. The van der Waals surface area contributed by atoms with Gasteiger partial charge in [-0.25, -0.2) is 5.32 Å². The van der Waals surface area contributed by atoms with Crippen molar-refractivity contribution >= 4 is 5.97 Å². The molecule has 4 heteroatoms. The molecule has 1 aliphatic rings. The lowest BCUT2D eigenvalue weighted by atomic mass is 9.94. The van der Waals surface area contributed by atoms with Gasteiger partial charge in [0.15, 0.2) is 0 Å². The largest absolute Gasteiger partial charge is 0.459 e. The number of rotatable bonds is 2. The molecule has 0 amide bonds. The minimum atomic E-state index is -0.503. The summed E-state index contributed by atoms with van der Waals surface area (Å²) in [7, 11) is 0. The van der Waals surface area contributed by atoms with Crippen LogP contribution in [0.4, 0.5) is 0 Å². The van der Waals surface area contributed by atoms with Gasteiger partial charge in [-0.3, -0.25) is 4.79 Å². The van der Waals surface area contributed by atoms with Crippen LogP contribution in [0.3, 0.4) is 0 Å². The monoisotopic (exact) mass is 185 g/mol. The van der Waals surface area contributed by atoms with E-state index in [4.69, 9.17) is 10.5 Å². The minimum absolute atomic E-state index is 0.190. The fraction of sp³-hybridized carbons (Fsp3) is 0.889. The molecule has 1 rings (SSSR count). The number of hydrogen-bond donors (Lipinski definition) is 1. The van der Waals surface area contributed by atoms with Gasteiger partial charge >= 0.3 is 5.97 Å². The Balaban J connectivity index is 2.38. The van der Waals surface area contributed by atoms with Gasteiger partial charge in [-0.2, -0.15) is 0 Å². The van der Waals surface area contributed by atoms with Crippen molar-refractivity contribution in [3.63, 3.8) is 0 Å². The van der Waals surface area contributed by atoms with Gasteiger partial charge in [0.2, 0.25) is 0 Å². The number of esters is 1. The van der Waals surface area contributed by atoms with E-state index in [-0.39, 0.29) is 11.9 Å². The Kier molecular flexibility index (Phi) is 2.93. The van der Waals surface area contributed by atoms with Crippen molar-refractivity contribution in [3.8, 4) is 0 Å². The first-order valence-corrected chi connectivity index (χ1v) is 4.52. The molecule has 0 aromatic rings. The molecule has 1 unspecified atom stereocenters. The van der Waals surface area contributed by atoms with Crippen molar-refractivity contribution < 1.29 is 9.53 Å². The molecule has 1 atom stereocenters.